The van der Waals surface area contributed by atoms with Crippen molar-refractivity contribution in [3.8, 4) is 0 Å². The topological polar surface area (TPSA) is 98.8 Å². The first-order chi connectivity index (χ1) is 15.9. The van der Waals surface area contributed by atoms with Crippen molar-refractivity contribution in [1.29, 1.82) is 0 Å². The summed E-state index contributed by atoms with van der Waals surface area (Å²) in [4.78, 5) is 24.5. The van der Waals surface area contributed by atoms with Gasteiger partial charge in [0.2, 0.25) is 0 Å². The van der Waals surface area contributed by atoms with Gasteiger partial charge in [0.1, 0.15) is 13.2 Å². The molecule has 9 heteroatoms. The minimum atomic E-state index is -1.07. The molecule has 0 aliphatic rings. The summed E-state index contributed by atoms with van der Waals surface area (Å²) in [5, 5.41) is 0. The number of carbonyl (C=O) groups is 2. The van der Waals surface area contributed by atoms with E-state index in [2.05, 4.69) is 0 Å². The van der Waals surface area contributed by atoms with Gasteiger partial charge in [0.15, 0.2) is 11.7 Å². The average Bonchev–Trinajstić information content (AvgIpc) is 2.78. The maximum absolute atomic E-state index is 12.5. The van der Waals surface area contributed by atoms with E-state index < -0.39 is 23.6 Å². The summed E-state index contributed by atoms with van der Waals surface area (Å²) >= 11 is 0. The molecular formula is C25H48O9. The quantitative estimate of drug-likeness (QED) is 0.186. The van der Waals surface area contributed by atoms with E-state index >= 15 is 0 Å². The fourth-order valence-electron chi connectivity index (χ4n) is 2.79. The SMILES string of the molecule is CCC(C)OCCOC(=O)C(C)OC(C)COCC(C)OC(C)(CC)C(=O)OCCOC(C)C. The van der Waals surface area contributed by atoms with Crippen LogP contribution in [0.1, 0.15) is 75.2 Å². The van der Waals surface area contributed by atoms with Gasteiger partial charge in [-0.2, -0.15) is 0 Å². The molecule has 202 valence electrons. The third-order valence-corrected chi connectivity index (χ3v) is 5.11. The number of hydrogen-bond donors (Lipinski definition) is 0. The van der Waals surface area contributed by atoms with E-state index in [9.17, 15) is 9.59 Å². The van der Waals surface area contributed by atoms with E-state index in [-0.39, 0.29) is 50.8 Å². The lowest BCUT2D eigenvalue weighted by Gasteiger charge is -2.30. The normalized spacial score (nSPS) is 17.0. The number of rotatable bonds is 20. The van der Waals surface area contributed by atoms with Crippen LogP contribution in [0.5, 0.6) is 0 Å². The molecule has 0 aromatic carbocycles. The first-order valence-electron chi connectivity index (χ1n) is 12.4. The lowest BCUT2D eigenvalue weighted by atomic mass is 10.0. The van der Waals surface area contributed by atoms with Crippen LogP contribution in [0.4, 0.5) is 0 Å². The van der Waals surface area contributed by atoms with Gasteiger partial charge in [-0.3, -0.25) is 0 Å². The number of ether oxygens (including phenoxy) is 7. The Morgan fingerprint density at radius 3 is 1.94 bits per heavy atom. The zero-order valence-corrected chi connectivity index (χ0v) is 22.7. The first kappa shape index (κ1) is 32.7. The van der Waals surface area contributed by atoms with Gasteiger partial charge in [-0.1, -0.05) is 13.8 Å². The molecule has 0 aromatic rings. The van der Waals surface area contributed by atoms with Gasteiger partial charge >= 0.3 is 11.9 Å². The Kier molecular flexibility index (Phi) is 17.4. The summed E-state index contributed by atoms with van der Waals surface area (Å²) in [7, 11) is 0. The molecule has 0 radical (unpaired) electrons. The van der Waals surface area contributed by atoms with Crippen molar-refractivity contribution in [2.45, 2.75) is 111 Å². The highest BCUT2D eigenvalue weighted by molar-refractivity contribution is 5.79. The first-order valence-corrected chi connectivity index (χ1v) is 12.4. The second-order valence-electron chi connectivity index (χ2n) is 8.95. The maximum atomic E-state index is 12.5. The van der Waals surface area contributed by atoms with Gasteiger partial charge in [-0.05, 0) is 61.3 Å². The van der Waals surface area contributed by atoms with Crippen molar-refractivity contribution in [3.63, 3.8) is 0 Å². The Morgan fingerprint density at radius 1 is 0.765 bits per heavy atom. The largest absolute Gasteiger partial charge is 0.461 e. The predicted octanol–water partition coefficient (Wildman–Crippen LogP) is 3.70. The van der Waals surface area contributed by atoms with Crippen LogP contribution < -0.4 is 0 Å². The molecule has 9 nitrogen and oxygen atoms in total. The van der Waals surface area contributed by atoms with Crippen molar-refractivity contribution in [3.05, 3.63) is 0 Å². The fourth-order valence-corrected chi connectivity index (χ4v) is 2.79. The molecule has 5 unspecified atom stereocenters. The highest BCUT2D eigenvalue weighted by Gasteiger charge is 2.36. The molecule has 5 atom stereocenters. The van der Waals surface area contributed by atoms with Crippen LogP contribution in [0, 0.1) is 0 Å². The zero-order valence-electron chi connectivity index (χ0n) is 22.7. The molecule has 0 bridgehead atoms. The number of carbonyl (C=O) groups excluding carboxylic acids is 2. The summed E-state index contributed by atoms with van der Waals surface area (Å²) in [5.74, 6) is -0.861. The van der Waals surface area contributed by atoms with Gasteiger partial charge < -0.3 is 33.2 Å². The summed E-state index contributed by atoms with van der Waals surface area (Å²) in [6.07, 6.45) is 0.208. The van der Waals surface area contributed by atoms with Crippen LogP contribution in [0.15, 0.2) is 0 Å². The van der Waals surface area contributed by atoms with Crippen molar-refractivity contribution in [2.75, 3.05) is 39.6 Å². The number of hydrogen-bond acceptors (Lipinski definition) is 9. The van der Waals surface area contributed by atoms with Gasteiger partial charge in [0, 0.05) is 0 Å². The molecule has 0 heterocycles. The van der Waals surface area contributed by atoms with Gasteiger partial charge in [0.05, 0.1) is 50.8 Å². The number of esters is 2. The molecule has 0 fully saturated rings. The smallest absolute Gasteiger partial charge is 0.338 e. The van der Waals surface area contributed by atoms with E-state index in [0.717, 1.165) is 6.42 Å². The Bertz CT molecular complexity index is 555. The van der Waals surface area contributed by atoms with E-state index in [1.807, 2.05) is 48.5 Å². The van der Waals surface area contributed by atoms with E-state index in [0.29, 0.717) is 19.6 Å². The third kappa shape index (κ3) is 14.9. The molecule has 0 N–H and O–H groups in total. The standard InChI is InChI=1S/C25H48O9/c1-10-19(5)30-13-14-31-23(26)22(8)33-20(6)16-28-17-21(7)34-25(9,11-2)24(27)32-15-12-29-18(3)4/h18-22H,10-17H2,1-9H3. The second kappa shape index (κ2) is 18.1. The van der Waals surface area contributed by atoms with Crippen LogP contribution in [0.25, 0.3) is 0 Å². The molecular weight excluding hydrogens is 444 g/mol. The zero-order chi connectivity index (χ0) is 26.1. The maximum Gasteiger partial charge on any atom is 0.338 e. The van der Waals surface area contributed by atoms with Crippen LogP contribution in [0.2, 0.25) is 0 Å². The van der Waals surface area contributed by atoms with Crippen molar-refractivity contribution >= 4 is 11.9 Å². The molecule has 0 aliphatic carbocycles. The van der Waals surface area contributed by atoms with Crippen molar-refractivity contribution in [2.24, 2.45) is 0 Å². The van der Waals surface area contributed by atoms with E-state index in [4.69, 9.17) is 33.2 Å². The summed E-state index contributed by atoms with van der Waals surface area (Å²) < 4.78 is 38.6. The van der Waals surface area contributed by atoms with Crippen molar-refractivity contribution in [1.82, 2.24) is 0 Å². The average molecular weight is 493 g/mol. The molecule has 34 heavy (non-hydrogen) atoms. The Morgan fingerprint density at radius 2 is 1.35 bits per heavy atom. The molecule has 0 aromatic heterocycles. The minimum absolute atomic E-state index is 0.0822. The van der Waals surface area contributed by atoms with Gasteiger partial charge in [0.25, 0.3) is 0 Å². The van der Waals surface area contributed by atoms with Crippen molar-refractivity contribution < 1.29 is 42.7 Å². The van der Waals surface area contributed by atoms with E-state index in [1.54, 1.807) is 13.8 Å². The van der Waals surface area contributed by atoms with Gasteiger partial charge in [-0.25, -0.2) is 9.59 Å². The molecule has 0 rings (SSSR count). The van der Waals surface area contributed by atoms with E-state index in [1.165, 1.54) is 0 Å². The summed E-state index contributed by atoms with van der Waals surface area (Å²) in [6.45, 7) is 18.3. The lowest BCUT2D eigenvalue weighted by molar-refractivity contribution is -0.183. The predicted molar refractivity (Wildman–Crippen MR) is 129 cm³/mol. The second-order valence-corrected chi connectivity index (χ2v) is 8.95. The van der Waals surface area contributed by atoms with Crippen LogP contribution in [-0.2, 0) is 42.7 Å². The molecule has 0 amide bonds. The minimum Gasteiger partial charge on any atom is -0.461 e. The Hall–Kier alpha value is -1.26. The molecule has 0 aliphatic heterocycles. The van der Waals surface area contributed by atoms with Crippen LogP contribution in [-0.4, -0.2) is 87.7 Å². The van der Waals surface area contributed by atoms with Gasteiger partial charge in [-0.15, -0.1) is 0 Å². The lowest BCUT2D eigenvalue weighted by Crippen LogP contribution is -2.43. The monoisotopic (exact) mass is 492 g/mol. The summed E-state index contributed by atoms with van der Waals surface area (Å²) in [6, 6.07) is 0. The molecule has 0 saturated carbocycles. The Labute approximate surface area is 206 Å². The molecule has 0 spiro atoms. The fraction of sp³-hybridized carbons (Fsp3) is 0.920. The third-order valence-electron chi connectivity index (χ3n) is 5.11. The highest BCUT2D eigenvalue weighted by Crippen LogP contribution is 2.20. The van der Waals surface area contributed by atoms with Crippen LogP contribution >= 0.6 is 0 Å². The summed E-state index contributed by atoms with van der Waals surface area (Å²) in [5.41, 5.74) is -1.07. The highest BCUT2D eigenvalue weighted by atomic mass is 16.6. The molecule has 0 saturated heterocycles. The van der Waals surface area contributed by atoms with Crippen LogP contribution in [0.3, 0.4) is 0 Å². The Balaban J connectivity index is 4.23.